The smallest absolute Gasteiger partial charge is 0.128 e. The summed E-state index contributed by atoms with van der Waals surface area (Å²) in [5, 5.41) is 18.6. The summed E-state index contributed by atoms with van der Waals surface area (Å²) in [6.45, 7) is 1.66. The fourth-order valence-corrected chi connectivity index (χ4v) is 2.14. The average Bonchev–Trinajstić information content (AvgIpc) is 2.41. The minimum Gasteiger partial charge on any atom is -0.457 e. The number of hydrogen-bond acceptors (Lipinski definition) is 3. The van der Waals surface area contributed by atoms with E-state index in [0.29, 0.717) is 28.5 Å². The number of halogens is 1. The SMILES string of the molecule is CC(O)c1ccc(Oc2ccc(CC#N)cc2)cc1Cl. The lowest BCUT2D eigenvalue weighted by Crippen LogP contribution is -1.93. The highest BCUT2D eigenvalue weighted by Gasteiger charge is 2.08. The average molecular weight is 288 g/mol. The summed E-state index contributed by atoms with van der Waals surface area (Å²) in [7, 11) is 0. The highest BCUT2D eigenvalue weighted by Crippen LogP contribution is 2.29. The predicted octanol–water partition coefficient (Wildman–Crippen LogP) is 4.25. The van der Waals surface area contributed by atoms with E-state index in [1.54, 1.807) is 25.1 Å². The normalized spacial score (nSPS) is 11.7. The molecule has 0 heterocycles. The molecule has 102 valence electrons. The molecule has 0 aliphatic heterocycles. The van der Waals surface area contributed by atoms with Crippen molar-refractivity contribution in [2.24, 2.45) is 0 Å². The third-order valence-electron chi connectivity index (χ3n) is 2.86. The molecule has 1 unspecified atom stereocenters. The van der Waals surface area contributed by atoms with E-state index < -0.39 is 6.10 Å². The van der Waals surface area contributed by atoms with E-state index in [0.717, 1.165) is 5.56 Å². The van der Waals surface area contributed by atoms with Crippen molar-refractivity contribution in [1.82, 2.24) is 0 Å². The van der Waals surface area contributed by atoms with Gasteiger partial charge in [-0.15, -0.1) is 0 Å². The quantitative estimate of drug-likeness (QED) is 0.914. The summed E-state index contributed by atoms with van der Waals surface area (Å²) >= 11 is 6.08. The van der Waals surface area contributed by atoms with Gasteiger partial charge in [0.05, 0.1) is 23.6 Å². The van der Waals surface area contributed by atoms with E-state index in [9.17, 15) is 5.11 Å². The molecular formula is C16H14ClNO2. The number of benzene rings is 2. The van der Waals surface area contributed by atoms with Crippen LogP contribution in [-0.2, 0) is 6.42 Å². The third kappa shape index (κ3) is 3.51. The lowest BCUT2D eigenvalue weighted by molar-refractivity contribution is 0.199. The first kappa shape index (κ1) is 14.4. The molecule has 2 aromatic carbocycles. The molecule has 0 saturated carbocycles. The number of nitriles is 1. The fourth-order valence-electron chi connectivity index (χ4n) is 1.81. The maximum absolute atomic E-state index is 9.51. The molecule has 3 nitrogen and oxygen atoms in total. The molecule has 0 saturated heterocycles. The van der Waals surface area contributed by atoms with Gasteiger partial charge in [0.2, 0.25) is 0 Å². The van der Waals surface area contributed by atoms with Gasteiger partial charge in [-0.05, 0) is 42.3 Å². The molecule has 20 heavy (non-hydrogen) atoms. The van der Waals surface area contributed by atoms with Gasteiger partial charge in [0.15, 0.2) is 0 Å². The second kappa shape index (κ2) is 6.42. The molecule has 0 aromatic heterocycles. The molecule has 1 atom stereocenters. The van der Waals surface area contributed by atoms with Crippen LogP contribution in [-0.4, -0.2) is 5.11 Å². The van der Waals surface area contributed by atoms with Crippen LogP contribution in [0.1, 0.15) is 24.2 Å². The highest BCUT2D eigenvalue weighted by atomic mass is 35.5. The van der Waals surface area contributed by atoms with Crippen LogP contribution in [0.2, 0.25) is 5.02 Å². The van der Waals surface area contributed by atoms with Crippen LogP contribution in [0.4, 0.5) is 0 Å². The largest absolute Gasteiger partial charge is 0.457 e. The van der Waals surface area contributed by atoms with Crippen LogP contribution in [0.5, 0.6) is 11.5 Å². The Morgan fingerprint density at radius 2 is 1.85 bits per heavy atom. The van der Waals surface area contributed by atoms with Gasteiger partial charge in [0.1, 0.15) is 11.5 Å². The molecule has 0 radical (unpaired) electrons. The van der Waals surface area contributed by atoms with Crippen LogP contribution in [0.15, 0.2) is 42.5 Å². The molecule has 2 aromatic rings. The zero-order valence-corrected chi connectivity index (χ0v) is 11.8. The van der Waals surface area contributed by atoms with E-state index in [1.807, 2.05) is 24.3 Å². The molecule has 0 fully saturated rings. The number of aliphatic hydroxyl groups is 1. The zero-order chi connectivity index (χ0) is 14.5. The van der Waals surface area contributed by atoms with Crippen LogP contribution in [0.25, 0.3) is 0 Å². The molecular weight excluding hydrogens is 274 g/mol. The maximum atomic E-state index is 9.51. The molecule has 0 bridgehead atoms. The number of nitrogens with zero attached hydrogens (tertiary/aromatic N) is 1. The topological polar surface area (TPSA) is 53.2 Å². The summed E-state index contributed by atoms with van der Waals surface area (Å²) in [6, 6.07) is 14.6. The van der Waals surface area contributed by atoms with Crippen molar-refractivity contribution in [2.45, 2.75) is 19.4 Å². The molecule has 0 amide bonds. The van der Waals surface area contributed by atoms with Crippen molar-refractivity contribution in [3.05, 3.63) is 58.6 Å². The Bertz CT molecular complexity index is 630. The van der Waals surface area contributed by atoms with Gasteiger partial charge in [-0.2, -0.15) is 5.26 Å². The van der Waals surface area contributed by atoms with Crippen molar-refractivity contribution >= 4 is 11.6 Å². The second-order valence-corrected chi connectivity index (χ2v) is 4.85. The van der Waals surface area contributed by atoms with Crippen LogP contribution < -0.4 is 4.74 Å². The van der Waals surface area contributed by atoms with E-state index in [1.165, 1.54) is 0 Å². The standard InChI is InChI=1S/C16H14ClNO2/c1-11(19)15-7-6-14(10-16(15)17)20-13-4-2-12(3-5-13)8-9-18/h2-7,10-11,19H,8H2,1H3. The summed E-state index contributed by atoms with van der Waals surface area (Å²) in [6.07, 6.45) is -0.225. The fraction of sp³-hybridized carbons (Fsp3) is 0.188. The lowest BCUT2D eigenvalue weighted by Gasteiger charge is -2.10. The molecule has 1 N–H and O–H groups in total. The Hall–Kier alpha value is -2.02. The van der Waals surface area contributed by atoms with Crippen molar-refractivity contribution in [1.29, 1.82) is 5.26 Å². The molecule has 4 heteroatoms. The van der Waals surface area contributed by atoms with Crippen LogP contribution in [0.3, 0.4) is 0 Å². The van der Waals surface area contributed by atoms with E-state index in [-0.39, 0.29) is 0 Å². The maximum Gasteiger partial charge on any atom is 0.128 e. The highest BCUT2D eigenvalue weighted by molar-refractivity contribution is 6.31. The minimum absolute atomic E-state index is 0.384. The first-order valence-corrected chi connectivity index (χ1v) is 6.59. The Morgan fingerprint density at radius 3 is 2.40 bits per heavy atom. The molecule has 0 spiro atoms. The zero-order valence-electron chi connectivity index (χ0n) is 11.0. The van der Waals surface area contributed by atoms with Gasteiger partial charge in [-0.1, -0.05) is 29.8 Å². The number of aliphatic hydroxyl groups excluding tert-OH is 1. The van der Waals surface area contributed by atoms with Gasteiger partial charge >= 0.3 is 0 Å². The molecule has 0 aliphatic carbocycles. The number of hydrogen-bond donors (Lipinski definition) is 1. The van der Waals surface area contributed by atoms with Gasteiger partial charge < -0.3 is 9.84 Å². The lowest BCUT2D eigenvalue weighted by atomic mass is 10.1. The van der Waals surface area contributed by atoms with E-state index >= 15 is 0 Å². The monoisotopic (exact) mass is 287 g/mol. The Kier molecular flexibility index (Phi) is 4.62. The number of ether oxygens (including phenoxy) is 1. The van der Waals surface area contributed by atoms with E-state index in [2.05, 4.69) is 6.07 Å². The first-order valence-electron chi connectivity index (χ1n) is 6.21. The van der Waals surface area contributed by atoms with E-state index in [4.69, 9.17) is 21.6 Å². The summed E-state index contributed by atoms with van der Waals surface area (Å²) in [5.41, 5.74) is 1.62. The molecule has 2 rings (SSSR count). The summed E-state index contributed by atoms with van der Waals surface area (Å²) in [5.74, 6) is 1.28. The third-order valence-corrected chi connectivity index (χ3v) is 3.19. The predicted molar refractivity (Wildman–Crippen MR) is 77.9 cm³/mol. The van der Waals surface area contributed by atoms with Gasteiger partial charge in [-0.3, -0.25) is 0 Å². The molecule has 0 aliphatic rings. The van der Waals surface area contributed by atoms with Crippen molar-refractivity contribution in [3.63, 3.8) is 0 Å². The van der Waals surface area contributed by atoms with Gasteiger partial charge in [-0.25, -0.2) is 0 Å². The van der Waals surface area contributed by atoms with Crippen LogP contribution in [0, 0.1) is 11.3 Å². The summed E-state index contributed by atoms with van der Waals surface area (Å²) in [4.78, 5) is 0. The Balaban J connectivity index is 2.14. The second-order valence-electron chi connectivity index (χ2n) is 4.44. The van der Waals surface area contributed by atoms with Crippen molar-refractivity contribution in [2.75, 3.05) is 0 Å². The first-order chi connectivity index (χ1) is 9.60. The minimum atomic E-state index is -0.609. The Labute approximate surface area is 123 Å². The van der Waals surface area contributed by atoms with Gasteiger partial charge in [0, 0.05) is 0 Å². The summed E-state index contributed by atoms with van der Waals surface area (Å²) < 4.78 is 5.68. The van der Waals surface area contributed by atoms with Gasteiger partial charge in [0.25, 0.3) is 0 Å². The number of rotatable bonds is 4. The van der Waals surface area contributed by atoms with Crippen molar-refractivity contribution in [3.8, 4) is 17.6 Å². The Morgan fingerprint density at radius 1 is 1.20 bits per heavy atom. The van der Waals surface area contributed by atoms with Crippen molar-refractivity contribution < 1.29 is 9.84 Å². The van der Waals surface area contributed by atoms with Crippen LogP contribution >= 0.6 is 11.6 Å².